The average Bonchev–Trinajstić information content (AvgIpc) is 3.86. The van der Waals surface area contributed by atoms with Gasteiger partial charge in [-0.3, -0.25) is 28.8 Å². The molecule has 2 aromatic rings. The standard InChI is InChI=1S/C41H49F3N6O9/c1-24-19-33-40(57)58-23-30(38(55)49-18-8-12-32(49)39(56)48-17-7-6-11-31(48)36(53)45-25(2)37(54)50(33)22-24)47-35(52)29(20-26-9-4-3-5-10-26)46-34(51)21-27-13-15-28(16-14-27)59-41(42,43)44/h3-5,9-10,13-16,24-25,29-33H,6-8,11-12,17-23H2,1-2H3,(H,45,53)(H,46,51)(H,47,52)/t24-,25+,29+,30+,31+,32+,33+/m1/s1. The number of hydrogen-bond donors (Lipinski definition) is 3. The van der Waals surface area contributed by atoms with Gasteiger partial charge in [-0.2, -0.15) is 0 Å². The van der Waals surface area contributed by atoms with Crippen LogP contribution < -0.4 is 20.7 Å². The second kappa shape index (κ2) is 18.5. The summed E-state index contributed by atoms with van der Waals surface area (Å²) in [5, 5.41) is 8.10. The van der Waals surface area contributed by atoms with Gasteiger partial charge in [-0.1, -0.05) is 49.4 Å². The Hall–Kier alpha value is -5.68. The van der Waals surface area contributed by atoms with Crippen molar-refractivity contribution in [3.63, 3.8) is 0 Å². The predicted octanol–water partition coefficient (Wildman–Crippen LogP) is 2.01. The monoisotopic (exact) mass is 826 g/mol. The summed E-state index contributed by atoms with van der Waals surface area (Å²) < 4.78 is 47.6. The van der Waals surface area contributed by atoms with Gasteiger partial charge in [0.15, 0.2) is 0 Å². The first kappa shape index (κ1) is 42.9. The number of piperidine rings is 1. The molecule has 4 aliphatic heterocycles. The van der Waals surface area contributed by atoms with Crippen LogP contribution in [0.1, 0.15) is 63.5 Å². The van der Waals surface area contributed by atoms with Crippen LogP contribution in [0.3, 0.4) is 0 Å². The van der Waals surface area contributed by atoms with E-state index in [9.17, 15) is 46.7 Å². The molecule has 15 nitrogen and oxygen atoms in total. The van der Waals surface area contributed by atoms with E-state index in [-0.39, 0.29) is 51.2 Å². The molecule has 0 spiro atoms. The van der Waals surface area contributed by atoms with Crippen molar-refractivity contribution in [1.29, 1.82) is 0 Å². The van der Waals surface area contributed by atoms with E-state index in [1.165, 1.54) is 33.8 Å². The molecule has 0 aromatic heterocycles. The number of amides is 6. The summed E-state index contributed by atoms with van der Waals surface area (Å²) in [6.45, 7) is 3.38. The summed E-state index contributed by atoms with van der Waals surface area (Å²) in [6.07, 6.45) is -2.57. The van der Waals surface area contributed by atoms with Crippen molar-refractivity contribution in [2.75, 3.05) is 26.2 Å². The molecule has 6 amide bonds. The first-order chi connectivity index (χ1) is 28.1. The van der Waals surface area contributed by atoms with E-state index in [0.29, 0.717) is 36.8 Å². The fourth-order valence-electron chi connectivity index (χ4n) is 8.29. The van der Waals surface area contributed by atoms with Gasteiger partial charge in [0.2, 0.25) is 35.4 Å². The van der Waals surface area contributed by atoms with E-state index in [1.807, 2.05) is 6.92 Å². The highest BCUT2D eigenvalue weighted by Gasteiger charge is 2.46. The van der Waals surface area contributed by atoms with E-state index in [1.54, 1.807) is 30.3 Å². The number of fused-ring (bicyclic) bond motifs is 3. The Labute approximate surface area is 339 Å². The number of esters is 1. The molecule has 318 valence electrons. The third-order valence-electron chi connectivity index (χ3n) is 11.2. The van der Waals surface area contributed by atoms with Crippen LogP contribution in [0, 0.1) is 5.92 Å². The molecule has 0 radical (unpaired) electrons. The van der Waals surface area contributed by atoms with Gasteiger partial charge >= 0.3 is 12.3 Å². The van der Waals surface area contributed by atoms with Crippen LogP contribution >= 0.6 is 0 Å². The van der Waals surface area contributed by atoms with Crippen molar-refractivity contribution >= 4 is 41.4 Å². The van der Waals surface area contributed by atoms with Crippen molar-refractivity contribution in [3.05, 3.63) is 65.7 Å². The summed E-state index contributed by atoms with van der Waals surface area (Å²) >= 11 is 0. The Kier molecular flexibility index (Phi) is 13.5. The van der Waals surface area contributed by atoms with Gasteiger partial charge < -0.3 is 40.1 Å². The Morgan fingerprint density at radius 3 is 2.22 bits per heavy atom. The Bertz CT molecular complexity index is 1900. The summed E-state index contributed by atoms with van der Waals surface area (Å²) in [6, 6.07) is 6.71. The lowest BCUT2D eigenvalue weighted by Gasteiger charge is -2.39. The van der Waals surface area contributed by atoms with Gasteiger partial charge in [-0.25, -0.2) is 4.79 Å². The van der Waals surface area contributed by atoms with Crippen molar-refractivity contribution < 1.29 is 56.2 Å². The topological polar surface area (TPSA) is 184 Å². The van der Waals surface area contributed by atoms with E-state index < -0.39 is 96.4 Å². The molecule has 2 aromatic carbocycles. The van der Waals surface area contributed by atoms with E-state index in [0.717, 1.165) is 12.1 Å². The average molecular weight is 827 g/mol. The molecule has 0 saturated carbocycles. The number of alkyl halides is 3. The molecule has 0 unspecified atom stereocenters. The highest BCUT2D eigenvalue weighted by molar-refractivity contribution is 5.98. The maximum atomic E-state index is 14.5. The van der Waals surface area contributed by atoms with Gasteiger partial charge in [0.1, 0.15) is 48.6 Å². The zero-order valence-electron chi connectivity index (χ0n) is 32.9. The molecule has 0 bridgehead atoms. The largest absolute Gasteiger partial charge is 0.573 e. The lowest BCUT2D eigenvalue weighted by atomic mass is 9.99. The molecule has 7 atom stereocenters. The molecule has 4 saturated heterocycles. The van der Waals surface area contributed by atoms with E-state index in [2.05, 4.69) is 20.7 Å². The van der Waals surface area contributed by atoms with Gasteiger partial charge in [0.25, 0.3) is 0 Å². The van der Waals surface area contributed by atoms with Crippen molar-refractivity contribution in [2.45, 2.75) is 108 Å². The number of nitrogens with one attached hydrogen (secondary N) is 3. The highest BCUT2D eigenvalue weighted by Crippen LogP contribution is 2.28. The minimum atomic E-state index is -4.89. The highest BCUT2D eigenvalue weighted by atomic mass is 19.4. The minimum Gasteiger partial charge on any atom is -0.461 e. The fraction of sp³-hybridized carbons (Fsp3) is 0.537. The number of rotatable bonds is 8. The molecule has 0 aliphatic carbocycles. The lowest BCUT2D eigenvalue weighted by molar-refractivity contribution is -0.274. The second-order valence-electron chi connectivity index (χ2n) is 15.7. The first-order valence-corrected chi connectivity index (χ1v) is 19.9. The molecule has 18 heteroatoms. The predicted molar refractivity (Wildman–Crippen MR) is 203 cm³/mol. The van der Waals surface area contributed by atoms with Crippen LogP contribution in [-0.4, -0.2) is 125 Å². The number of carbonyl (C=O) groups excluding carboxylic acids is 7. The maximum absolute atomic E-state index is 14.5. The summed E-state index contributed by atoms with van der Waals surface area (Å²) in [4.78, 5) is 102. The van der Waals surface area contributed by atoms with Gasteiger partial charge in [-0.15, -0.1) is 13.2 Å². The van der Waals surface area contributed by atoms with Crippen LogP contribution in [0.25, 0.3) is 0 Å². The zero-order chi connectivity index (χ0) is 42.4. The molecule has 59 heavy (non-hydrogen) atoms. The van der Waals surface area contributed by atoms with Gasteiger partial charge in [-0.05, 0) is 74.6 Å². The molecule has 6 rings (SSSR count). The third kappa shape index (κ3) is 10.7. The molecule has 4 fully saturated rings. The number of halogens is 3. The van der Waals surface area contributed by atoms with Gasteiger partial charge in [0.05, 0.1) is 6.42 Å². The number of ether oxygens (including phenoxy) is 2. The molecule has 3 N–H and O–H groups in total. The van der Waals surface area contributed by atoms with Crippen LogP contribution in [0.2, 0.25) is 0 Å². The number of benzene rings is 2. The van der Waals surface area contributed by atoms with E-state index in [4.69, 9.17) is 4.74 Å². The fourth-order valence-corrected chi connectivity index (χ4v) is 8.29. The molecule has 4 heterocycles. The van der Waals surface area contributed by atoms with Crippen LogP contribution in [-0.2, 0) is 51.1 Å². The van der Waals surface area contributed by atoms with Crippen molar-refractivity contribution in [3.8, 4) is 5.75 Å². The summed E-state index contributed by atoms with van der Waals surface area (Å²) in [5.41, 5.74) is 0.980. The van der Waals surface area contributed by atoms with Crippen LogP contribution in [0.15, 0.2) is 54.6 Å². The normalized spacial score (nSPS) is 26.3. The van der Waals surface area contributed by atoms with Crippen molar-refractivity contribution in [1.82, 2.24) is 30.7 Å². The summed E-state index contributed by atoms with van der Waals surface area (Å²) in [5.74, 6) is -4.99. The number of carbonyl (C=O) groups is 7. The molecule has 4 aliphatic rings. The molecular weight excluding hydrogens is 777 g/mol. The summed E-state index contributed by atoms with van der Waals surface area (Å²) in [7, 11) is 0. The first-order valence-electron chi connectivity index (χ1n) is 19.9. The van der Waals surface area contributed by atoms with E-state index >= 15 is 0 Å². The number of cyclic esters (lactones) is 1. The SMILES string of the molecule is C[C@@H]1C[C@H]2C(=O)OC[C@H](NC(=O)[C@H](Cc3ccccc3)NC(=O)Cc3ccc(OC(F)(F)F)cc3)C(=O)N3CCC[C@H]3C(=O)N3CCCC[C@H]3C(=O)N[C@@H](C)C(=O)N2C1. The molecular formula is C41H49F3N6O9. The smallest absolute Gasteiger partial charge is 0.461 e. The maximum Gasteiger partial charge on any atom is 0.573 e. The lowest BCUT2D eigenvalue weighted by Crippen LogP contribution is -2.62. The Morgan fingerprint density at radius 2 is 1.51 bits per heavy atom. The number of nitrogens with zero attached hydrogens (tertiary/aromatic N) is 3. The van der Waals surface area contributed by atoms with Gasteiger partial charge in [0, 0.05) is 26.1 Å². The Balaban J connectivity index is 1.27. The Morgan fingerprint density at radius 1 is 0.831 bits per heavy atom. The third-order valence-corrected chi connectivity index (χ3v) is 11.2. The van der Waals surface area contributed by atoms with Crippen LogP contribution in [0.5, 0.6) is 5.75 Å². The minimum absolute atomic E-state index is 0.0318. The zero-order valence-corrected chi connectivity index (χ0v) is 32.9. The quantitative estimate of drug-likeness (QED) is 0.336. The van der Waals surface area contributed by atoms with Crippen LogP contribution in [0.4, 0.5) is 13.2 Å². The number of hydrogen-bond acceptors (Lipinski definition) is 9. The van der Waals surface area contributed by atoms with Crippen molar-refractivity contribution in [2.24, 2.45) is 5.92 Å². The second-order valence-corrected chi connectivity index (χ2v) is 15.7.